The van der Waals surface area contributed by atoms with E-state index in [0.717, 1.165) is 5.56 Å². The number of amides is 1. The topological polar surface area (TPSA) is 104 Å². The summed E-state index contributed by atoms with van der Waals surface area (Å²) in [5, 5.41) is 7.23. The average molecular weight is 304 g/mol. The van der Waals surface area contributed by atoms with Crippen LogP contribution in [0.25, 0.3) is 0 Å². The van der Waals surface area contributed by atoms with E-state index in [4.69, 9.17) is 30.1 Å². The number of nitrogens with two attached hydrogens (primary N) is 1. The van der Waals surface area contributed by atoms with Crippen LogP contribution in [0.15, 0.2) is 29.5 Å². The van der Waals surface area contributed by atoms with Crippen LogP contribution in [0.2, 0.25) is 0 Å². The lowest BCUT2D eigenvalue weighted by Crippen LogP contribution is -2.25. The van der Waals surface area contributed by atoms with E-state index in [1.165, 1.54) is 13.3 Å². The highest BCUT2D eigenvalue weighted by Gasteiger charge is 2.59. The Hall–Kier alpha value is -2.54. The molecule has 0 radical (unpaired) electrons. The van der Waals surface area contributed by atoms with Crippen molar-refractivity contribution in [1.29, 1.82) is 5.41 Å². The molecule has 3 N–H and O–H groups in total. The maximum Gasteiger partial charge on any atom is 0.251 e. The van der Waals surface area contributed by atoms with Crippen molar-refractivity contribution in [2.45, 2.75) is 18.6 Å². The summed E-state index contributed by atoms with van der Waals surface area (Å²) in [5.74, 6) is 1.16. The Morgan fingerprint density at radius 1 is 1.45 bits per heavy atom. The minimum Gasteiger partial charge on any atom is -0.489 e. The van der Waals surface area contributed by atoms with Gasteiger partial charge in [0.2, 0.25) is 6.79 Å². The number of carbonyl (C=O) groups is 1. The second kappa shape index (κ2) is 5.34. The Kier molecular flexibility index (Phi) is 3.50. The number of fused-ring (bicyclic) bond motifs is 1. The smallest absolute Gasteiger partial charge is 0.251 e. The van der Waals surface area contributed by atoms with E-state index >= 15 is 0 Å². The standard InChI is InChI=1S/C15H16N2O5/c1-19-15(4-5-16)12(14(17)18)13(15)20-7-9-2-3-10-11(6-9)22-8-21-10/h2-3,5-6,16H,4,7-8H2,1H3,(H2,17,18). The van der Waals surface area contributed by atoms with E-state index < -0.39 is 11.5 Å². The molecule has 1 amide bonds. The van der Waals surface area contributed by atoms with E-state index in [0.29, 0.717) is 22.8 Å². The van der Waals surface area contributed by atoms with E-state index in [1.807, 2.05) is 12.1 Å². The number of carbonyl (C=O) groups excluding carboxylic acids is 1. The summed E-state index contributed by atoms with van der Waals surface area (Å²) in [6.45, 7) is 0.453. The highest BCUT2D eigenvalue weighted by Crippen LogP contribution is 2.50. The molecule has 1 heterocycles. The highest BCUT2D eigenvalue weighted by molar-refractivity contribution is 6.02. The SMILES string of the molecule is COC1(CC=N)C(OCc2ccc3c(c2)OCO3)=C1C(N)=O. The molecule has 0 aromatic heterocycles. The molecule has 1 aliphatic heterocycles. The van der Waals surface area contributed by atoms with Crippen molar-refractivity contribution in [3.05, 3.63) is 35.1 Å². The molecule has 0 saturated carbocycles. The summed E-state index contributed by atoms with van der Waals surface area (Å²) in [4.78, 5) is 11.5. The van der Waals surface area contributed by atoms with Crippen LogP contribution >= 0.6 is 0 Å². The van der Waals surface area contributed by atoms with Gasteiger partial charge in [0, 0.05) is 13.5 Å². The molecular weight excluding hydrogens is 288 g/mol. The van der Waals surface area contributed by atoms with Crippen LogP contribution in [0.1, 0.15) is 12.0 Å². The van der Waals surface area contributed by atoms with Crippen LogP contribution in [-0.4, -0.2) is 31.6 Å². The third kappa shape index (κ3) is 2.19. The Morgan fingerprint density at radius 2 is 2.23 bits per heavy atom. The molecule has 1 aromatic rings. The second-order valence-electron chi connectivity index (χ2n) is 4.98. The van der Waals surface area contributed by atoms with Gasteiger partial charge < -0.3 is 30.1 Å². The minimum absolute atomic E-state index is 0.211. The zero-order valence-corrected chi connectivity index (χ0v) is 12.0. The Morgan fingerprint density at radius 3 is 2.91 bits per heavy atom. The number of rotatable bonds is 7. The Bertz CT molecular complexity index is 670. The van der Waals surface area contributed by atoms with Crippen molar-refractivity contribution in [3.63, 3.8) is 0 Å². The quantitative estimate of drug-likeness (QED) is 0.734. The summed E-state index contributed by atoms with van der Waals surface area (Å²) < 4.78 is 21.6. The normalized spacial score (nSPS) is 21.7. The first-order valence-electron chi connectivity index (χ1n) is 6.73. The zero-order valence-electron chi connectivity index (χ0n) is 12.0. The molecule has 1 aliphatic carbocycles. The van der Waals surface area contributed by atoms with Gasteiger partial charge in [0.15, 0.2) is 17.1 Å². The first kappa shape index (κ1) is 14.4. The third-order valence-electron chi connectivity index (χ3n) is 3.74. The molecule has 0 fully saturated rings. The third-order valence-corrected chi connectivity index (χ3v) is 3.74. The molecular formula is C15H16N2O5. The van der Waals surface area contributed by atoms with Crippen LogP contribution in [0.3, 0.4) is 0 Å². The van der Waals surface area contributed by atoms with Gasteiger partial charge >= 0.3 is 0 Å². The molecule has 7 heteroatoms. The van der Waals surface area contributed by atoms with Crippen molar-refractivity contribution in [2.24, 2.45) is 5.73 Å². The van der Waals surface area contributed by atoms with Crippen LogP contribution in [-0.2, 0) is 20.9 Å². The second-order valence-corrected chi connectivity index (χ2v) is 4.98. The van der Waals surface area contributed by atoms with Crippen LogP contribution in [0.5, 0.6) is 11.5 Å². The first-order valence-corrected chi connectivity index (χ1v) is 6.73. The number of nitrogens with one attached hydrogen (secondary N) is 1. The summed E-state index contributed by atoms with van der Waals surface area (Å²) >= 11 is 0. The van der Waals surface area contributed by atoms with Crippen molar-refractivity contribution >= 4 is 12.1 Å². The number of primary amides is 1. The predicted molar refractivity (Wildman–Crippen MR) is 76.7 cm³/mol. The fourth-order valence-electron chi connectivity index (χ4n) is 2.58. The molecule has 1 unspecified atom stereocenters. The average Bonchev–Trinajstić information content (AvgIpc) is 2.89. The fourth-order valence-corrected chi connectivity index (χ4v) is 2.58. The van der Waals surface area contributed by atoms with Gasteiger partial charge in [-0.3, -0.25) is 4.79 Å². The lowest BCUT2D eigenvalue weighted by Gasteiger charge is -2.15. The van der Waals surface area contributed by atoms with Gasteiger partial charge in [0.25, 0.3) is 5.91 Å². The maximum atomic E-state index is 11.5. The lowest BCUT2D eigenvalue weighted by atomic mass is 10.1. The van der Waals surface area contributed by atoms with Gasteiger partial charge in [-0.1, -0.05) is 6.07 Å². The Labute approximate surface area is 127 Å². The minimum atomic E-state index is -0.982. The Balaban J connectivity index is 1.72. The van der Waals surface area contributed by atoms with Gasteiger partial charge in [0.05, 0.1) is 5.57 Å². The van der Waals surface area contributed by atoms with Gasteiger partial charge in [0.1, 0.15) is 12.4 Å². The molecule has 116 valence electrons. The number of hydrogen-bond acceptors (Lipinski definition) is 6. The van der Waals surface area contributed by atoms with E-state index in [9.17, 15) is 4.79 Å². The lowest BCUT2D eigenvalue weighted by molar-refractivity contribution is -0.115. The molecule has 1 atom stereocenters. The van der Waals surface area contributed by atoms with E-state index in [1.54, 1.807) is 6.07 Å². The van der Waals surface area contributed by atoms with Crippen LogP contribution < -0.4 is 15.2 Å². The highest BCUT2D eigenvalue weighted by atomic mass is 16.7. The molecule has 7 nitrogen and oxygen atoms in total. The largest absolute Gasteiger partial charge is 0.489 e. The molecule has 22 heavy (non-hydrogen) atoms. The number of hydrogen-bond donors (Lipinski definition) is 2. The monoisotopic (exact) mass is 304 g/mol. The van der Waals surface area contributed by atoms with Gasteiger partial charge in [-0.15, -0.1) is 0 Å². The molecule has 1 aromatic carbocycles. The zero-order chi connectivity index (χ0) is 15.7. The number of benzene rings is 1. The molecule has 2 aliphatic rings. The molecule has 0 bridgehead atoms. The first-order chi connectivity index (χ1) is 10.6. The molecule has 0 saturated heterocycles. The number of ether oxygens (including phenoxy) is 4. The van der Waals surface area contributed by atoms with Crippen molar-refractivity contribution in [2.75, 3.05) is 13.9 Å². The predicted octanol–water partition coefficient (Wildman–Crippen LogP) is 1.11. The summed E-state index contributed by atoms with van der Waals surface area (Å²) in [7, 11) is 1.46. The van der Waals surface area contributed by atoms with E-state index in [2.05, 4.69) is 0 Å². The molecule has 3 rings (SSSR count). The van der Waals surface area contributed by atoms with Crippen molar-refractivity contribution < 1.29 is 23.7 Å². The van der Waals surface area contributed by atoms with Gasteiger partial charge in [-0.2, -0.15) is 0 Å². The van der Waals surface area contributed by atoms with E-state index in [-0.39, 0.29) is 19.8 Å². The maximum absolute atomic E-state index is 11.5. The summed E-state index contributed by atoms with van der Waals surface area (Å²) in [6.07, 6.45) is 1.39. The molecule has 0 spiro atoms. The summed E-state index contributed by atoms with van der Waals surface area (Å²) in [6, 6.07) is 5.48. The van der Waals surface area contributed by atoms with Crippen molar-refractivity contribution in [3.8, 4) is 11.5 Å². The number of methoxy groups -OCH3 is 1. The van der Waals surface area contributed by atoms with Crippen LogP contribution in [0, 0.1) is 5.41 Å². The van der Waals surface area contributed by atoms with Gasteiger partial charge in [-0.25, -0.2) is 0 Å². The van der Waals surface area contributed by atoms with Crippen molar-refractivity contribution in [1.82, 2.24) is 0 Å². The van der Waals surface area contributed by atoms with Gasteiger partial charge in [-0.05, 0) is 23.9 Å². The summed E-state index contributed by atoms with van der Waals surface area (Å²) in [5.41, 5.74) is 5.52. The van der Waals surface area contributed by atoms with Crippen LogP contribution in [0.4, 0.5) is 0 Å². The fraction of sp³-hybridized carbons (Fsp3) is 0.333.